The lowest BCUT2D eigenvalue weighted by atomic mass is 9.88. The molecule has 0 saturated heterocycles. The maximum absolute atomic E-state index is 13.6. The topological polar surface area (TPSA) is 92.5 Å². The zero-order valence-corrected chi connectivity index (χ0v) is 14.1. The molecule has 7 heteroatoms. The van der Waals surface area contributed by atoms with E-state index < -0.39 is 17.9 Å². The molecule has 1 unspecified atom stereocenters. The van der Waals surface area contributed by atoms with Gasteiger partial charge in [0.25, 0.3) is 0 Å². The molecule has 0 aliphatic heterocycles. The van der Waals surface area contributed by atoms with Gasteiger partial charge in [-0.15, -0.1) is 0 Å². The number of aliphatic hydroxyl groups is 2. The second-order valence-electron chi connectivity index (χ2n) is 4.93. The van der Waals surface area contributed by atoms with Gasteiger partial charge in [0, 0.05) is 0 Å². The van der Waals surface area contributed by atoms with Gasteiger partial charge in [-0.1, -0.05) is 25.3 Å². The zero-order valence-electron chi connectivity index (χ0n) is 14.1. The maximum atomic E-state index is 13.6. The van der Waals surface area contributed by atoms with Gasteiger partial charge in [0.05, 0.1) is 11.4 Å². The second kappa shape index (κ2) is 9.46. The smallest absolute Gasteiger partial charge is 0.399 e. The number of allylic oxidation sites excluding steroid dienone is 8. The Morgan fingerprint density at radius 3 is 1.88 bits per heavy atom. The van der Waals surface area contributed by atoms with E-state index in [2.05, 4.69) is 13.2 Å². The molecule has 0 heterocycles. The Balaban J connectivity index is 6.39. The van der Waals surface area contributed by atoms with Gasteiger partial charge < -0.3 is 21.7 Å². The molecule has 0 aromatic heterocycles. The number of hydrogen-bond donors (Lipinski definition) is 4. The van der Waals surface area contributed by atoms with Crippen molar-refractivity contribution in [2.75, 3.05) is 0 Å². The number of hydrogen-bond acceptors (Lipinski definition) is 4. The number of halogens is 3. The Hall–Kier alpha value is -2.83. The first-order valence-corrected chi connectivity index (χ1v) is 7.24. The molecule has 1 atom stereocenters. The highest BCUT2D eigenvalue weighted by Crippen LogP contribution is 2.39. The van der Waals surface area contributed by atoms with Crippen LogP contribution in [0.1, 0.15) is 13.8 Å². The summed E-state index contributed by atoms with van der Waals surface area (Å²) in [6.45, 7) is 9.58. The van der Waals surface area contributed by atoms with Crippen LogP contribution in [0.15, 0.2) is 83.7 Å². The molecule has 138 valence electrons. The lowest BCUT2D eigenvalue weighted by Crippen LogP contribution is -2.26. The van der Waals surface area contributed by atoms with Gasteiger partial charge in [0.1, 0.15) is 17.4 Å². The lowest BCUT2D eigenvalue weighted by molar-refractivity contribution is -0.152. The summed E-state index contributed by atoms with van der Waals surface area (Å²) in [6.07, 6.45) is 1.78. The fraction of sp³-hybridized carbons (Fsp3) is 0.222. The van der Waals surface area contributed by atoms with Crippen molar-refractivity contribution in [3.8, 4) is 0 Å². The molecular formula is C18H23F3N2O2. The minimum atomic E-state index is -4.69. The van der Waals surface area contributed by atoms with E-state index in [0.29, 0.717) is 0 Å². The van der Waals surface area contributed by atoms with Gasteiger partial charge in [-0.25, -0.2) is 0 Å². The molecule has 0 aromatic carbocycles. The van der Waals surface area contributed by atoms with Crippen LogP contribution in [0.3, 0.4) is 0 Å². The van der Waals surface area contributed by atoms with Crippen LogP contribution in [-0.2, 0) is 0 Å². The normalized spacial score (nSPS) is 17.0. The Morgan fingerprint density at radius 1 is 0.960 bits per heavy atom. The molecule has 25 heavy (non-hydrogen) atoms. The van der Waals surface area contributed by atoms with Crippen LogP contribution in [0, 0.1) is 5.92 Å². The van der Waals surface area contributed by atoms with Gasteiger partial charge >= 0.3 is 6.18 Å². The molecule has 0 spiro atoms. The third-order valence-electron chi connectivity index (χ3n) is 3.27. The largest absolute Gasteiger partial charge is 0.506 e. The van der Waals surface area contributed by atoms with Crippen molar-refractivity contribution >= 4 is 0 Å². The SMILES string of the molecule is C=C/C(O)=C(N)\C=C(/C=C)C(C(/C=C(N)\C(O)=C/C)=C/C)C(F)(F)F. The molecule has 0 aliphatic carbocycles. The van der Waals surface area contributed by atoms with E-state index in [-0.39, 0.29) is 28.3 Å². The molecule has 0 aliphatic rings. The van der Waals surface area contributed by atoms with Crippen molar-refractivity contribution in [2.45, 2.75) is 20.0 Å². The summed E-state index contributed by atoms with van der Waals surface area (Å²) in [4.78, 5) is 0. The predicted molar refractivity (Wildman–Crippen MR) is 94.3 cm³/mol. The van der Waals surface area contributed by atoms with E-state index in [1.54, 1.807) is 0 Å². The summed E-state index contributed by atoms with van der Waals surface area (Å²) in [5, 5.41) is 19.0. The Bertz CT molecular complexity index is 666. The highest BCUT2D eigenvalue weighted by molar-refractivity contribution is 5.43. The number of rotatable bonds is 7. The van der Waals surface area contributed by atoms with Gasteiger partial charge in [0.2, 0.25) is 0 Å². The Labute approximate surface area is 145 Å². The van der Waals surface area contributed by atoms with E-state index in [9.17, 15) is 23.4 Å². The van der Waals surface area contributed by atoms with Crippen molar-refractivity contribution in [3.63, 3.8) is 0 Å². The molecule has 0 fully saturated rings. The fourth-order valence-electron chi connectivity index (χ4n) is 1.96. The average molecular weight is 356 g/mol. The third kappa shape index (κ3) is 6.29. The molecule has 0 amide bonds. The fourth-order valence-corrected chi connectivity index (χ4v) is 1.96. The third-order valence-corrected chi connectivity index (χ3v) is 3.27. The summed E-state index contributed by atoms with van der Waals surface area (Å²) >= 11 is 0. The van der Waals surface area contributed by atoms with Crippen LogP contribution >= 0.6 is 0 Å². The minimum absolute atomic E-state index is 0.213. The van der Waals surface area contributed by atoms with Crippen molar-refractivity contribution in [1.82, 2.24) is 0 Å². The average Bonchev–Trinajstić information content (AvgIpc) is 2.56. The van der Waals surface area contributed by atoms with E-state index in [4.69, 9.17) is 11.5 Å². The first-order valence-electron chi connectivity index (χ1n) is 7.24. The summed E-state index contributed by atoms with van der Waals surface area (Å²) in [7, 11) is 0. The Kier molecular flexibility index (Phi) is 8.39. The van der Waals surface area contributed by atoms with Crippen molar-refractivity contribution in [1.29, 1.82) is 0 Å². The highest BCUT2D eigenvalue weighted by Gasteiger charge is 2.43. The number of aliphatic hydroxyl groups excluding tert-OH is 2. The molecular weight excluding hydrogens is 333 g/mol. The number of alkyl halides is 3. The summed E-state index contributed by atoms with van der Waals surface area (Å²) in [5.41, 5.74) is 10.1. The van der Waals surface area contributed by atoms with Crippen LogP contribution in [-0.4, -0.2) is 16.4 Å². The van der Waals surface area contributed by atoms with Crippen LogP contribution < -0.4 is 11.5 Å². The molecule has 4 nitrogen and oxygen atoms in total. The number of nitrogens with two attached hydrogens (primary N) is 2. The van der Waals surface area contributed by atoms with Crippen molar-refractivity contribution < 1.29 is 23.4 Å². The predicted octanol–water partition coefficient (Wildman–Crippen LogP) is 4.44. The first-order chi connectivity index (χ1) is 11.5. The molecule has 0 radical (unpaired) electrons. The molecule has 0 saturated carbocycles. The van der Waals surface area contributed by atoms with Gasteiger partial charge in [-0.05, 0) is 49.3 Å². The molecule has 6 N–H and O–H groups in total. The van der Waals surface area contributed by atoms with E-state index >= 15 is 0 Å². The summed E-state index contributed by atoms with van der Waals surface area (Å²) < 4.78 is 40.9. The monoisotopic (exact) mass is 356 g/mol. The van der Waals surface area contributed by atoms with Crippen LogP contribution in [0.5, 0.6) is 0 Å². The summed E-state index contributed by atoms with van der Waals surface area (Å²) in [5.74, 6) is -2.90. The van der Waals surface area contributed by atoms with Crippen molar-refractivity contribution in [3.05, 3.63) is 83.7 Å². The zero-order chi connectivity index (χ0) is 19.8. The van der Waals surface area contributed by atoms with Crippen LogP contribution in [0.2, 0.25) is 0 Å². The minimum Gasteiger partial charge on any atom is -0.506 e. The quantitative estimate of drug-likeness (QED) is 0.401. The maximum Gasteiger partial charge on any atom is 0.399 e. The highest BCUT2D eigenvalue weighted by atomic mass is 19.4. The molecule has 0 rings (SSSR count). The second-order valence-corrected chi connectivity index (χ2v) is 4.93. The van der Waals surface area contributed by atoms with E-state index in [1.807, 2.05) is 0 Å². The van der Waals surface area contributed by atoms with Crippen LogP contribution in [0.4, 0.5) is 13.2 Å². The Morgan fingerprint density at radius 2 is 1.52 bits per heavy atom. The van der Waals surface area contributed by atoms with Crippen LogP contribution in [0.25, 0.3) is 0 Å². The van der Waals surface area contributed by atoms with Gasteiger partial charge in [0.15, 0.2) is 0 Å². The molecule has 0 bridgehead atoms. The summed E-state index contributed by atoms with van der Waals surface area (Å²) in [6, 6.07) is 0. The van der Waals surface area contributed by atoms with Crippen molar-refractivity contribution in [2.24, 2.45) is 17.4 Å². The van der Waals surface area contributed by atoms with E-state index in [1.165, 1.54) is 26.0 Å². The standard InChI is InChI=1S/C18H23F3N2O2/c1-5-11(9-13(22)15(24)7-3)17(18(19,20)21)12(6-2)10-14(23)16(25)8-4/h5-10,17,24-25H,1,3,22-23H2,2,4H3/b11-9+,12-6+,14-10+,15-13-,16-8+. The van der Waals surface area contributed by atoms with E-state index in [0.717, 1.165) is 24.3 Å². The van der Waals surface area contributed by atoms with Gasteiger partial charge in [-0.3, -0.25) is 0 Å². The first kappa shape index (κ1) is 22.2. The lowest BCUT2D eigenvalue weighted by Gasteiger charge is -2.23. The molecule has 0 aromatic rings. The van der Waals surface area contributed by atoms with Gasteiger partial charge in [-0.2, -0.15) is 13.2 Å².